The number of nitrogens with zero attached hydrogens (tertiary/aromatic N) is 1. The molecular weight excluding hydrogens is 279 g/mol. The summed E-state index contributed by atoms with van der Waals surface area (Å²) in [5.74, 6) is -0.148. The monoisotopic (exact) mass is 296 g/mol. The van der Waals surface area contributed by atoms with Crippen molar-refractivity contribution in [1.82, 2.24) is 9.55 Å². The van der Waals surface area contributed by atoms with Gasteiger partial charge in [-0.1, -0.05) is 0 Å². The predicted octanol–water partition coefficient (Wildman–Crippen LogP) is 3.59. The topological polar surface area (TPSA) is 39.2 Å². The number of hydrogen-bond donors (Lipinski definition) is 1. The second-order valence-corrected chi connectivity index (χ2v) is 5.39. The van der Waals surface area contributed by atoms with Crippen molar-refractivity contribution < 1.29 is 13.9 Å². The number of rotatable bonds is 4. The molecule has 1 fully saturated rings. The maximum absolute atomic E-state index is 13.7. The molecule has 0 bridgehead atoms. The van der Waals surface area contributed by atoms with Crippen molar-refractivity contribution >= 4 is 23.3 Å². The van der Waals surface area contributed by atoms with Crippen LogP contribution in [0.1, 0.15) is 25.8 Å². The highest BCUT2D eigenvalue weighted by atomic mass is 32.1. The first-order chi connectivity index (χ1) is 9.63. The lowest BCUT2D eigenvalue weighted by Crippen LogP contribution is -2.33. The normalized spacial score (nSPS) is 21.9. The molecule has 3 rings (SSSR count). The van der Waals surface area contributed by atoms with E-state index in [1.54, 1.807) is 6.07 Å². The van der Waals surface area contributed by atoms with Crippen LogP contribution in [0.2, 0.25) is 0 Å². The Hall–Kier alpha value is -1.40. The van der Waals surface area contributed by atoms with Gasteiger partial charge in [-0.05, 0) is 32.0 Å². The number of halogens is 1. The molecular formula is C14H17FN2O2S. The average molecular weight is 296 g/mol. The molecule has 1 aromatic carbocycles. The number of nitrogens with one attached hydrogen (secondary N) is 1. The van der Waals surface area contributed by atoms with E-state index in [0.717, 1.165) is 25.0 Å². The van der Waals surface area contributed by atoms with Crippen LogP contribution in [0.3, 0.4) is 0 Å². The van der Waals surface area contributed by atoms with E-state index in [4.69, 9.17) is 21.7 Å². The summed E-state index contributed by atoms with van der Waals surface area (Å²) in [4.78, 5) is 3.06. The van der Waals surface area contributed by atoms with E-state index in [9.17, 15) is 4.39 Å². The fourth-order valence-electron chi connectivity index (χ4n) is 2.77. The molecule has 0 aliphatic heterocycles. The number of methoxy groups -OCH3 is 1. The molecule has 2 aromatic rings. The molecule has 0 radical (unpaired) electrons. The van der Waals surface area contributed by atoms with Crippen LogP contribution in [-0.4, -0.2) is 29.4 Å². The molecule has 1 N–H and O–H groups in total. The molecule has 20 heavy (non-hydrogen) atoms. The van der Waals surface area contributed by atoms with E-state index in [1.807, 2.05) is 11.5 Å². The Kier molecular flexibility index (Phi) is 3.52. The third kappa shape index (κ3) is 2.13. The summed E-state index contributed by atoms with van der Waals surface area (Å²) in [6.45, 7) is 2.73. The minimum Gasteiger partial charge on any atom is -0.494 e. The zero-order valence-corrected chi connectivity index (χ0v) is 12.3. The number of benzene rings is 1. The van der Waals surface area contributed by atoms with Gasteiger partial charge in [0.25, 0.3) is 0 Å². The van der Waals surface area contributed by atoms with Crippen LogP contribution in [0.25, 0.3) is 11.0 Å². The zero-order valence-electron chi connectivity index (χ0n) is 11.5. The highest BCUT2D eigenvalue weighted by molar-refractivity contribution is 7.71. The van der Waals surface area contributed by atoms with Gasteiger partial charge in [-0.15, -0.1) is 0 Å². The van der Waals surface area contributed by atoms with Crippen LogP contribution in [0.4, 0.5) is 4.39 Å². The van der Waals surface area contributed by atoms with Crippen molar-refractivity contribution in [3.05, 3.63) is 22.7 Å². The Morgan fingerprint density at radius 3 is 2.85 bits per heavy atom. The van der Waals surface area contributed by atoms with Gasteiger partial charge in [0.1, 0.15) is 0 Å². The van der Waals surface area contributed by atoms with Crippen LogP contribution >= 0.6 is 12.2 Å². The summed E-state index contributed by atoms with van der Waals surface area (Å²) >= 11 is 5.36. The summed E-state index contributed by atoms with van der Waals surface area (Å²) in [7, 11) is 1.46. The Labute approximate surface area is 121 Å². The van der Waals surface area contributed by atoms with E-state index < -0.39 is 0 Å². The average Bonchev–Trinajstić information content (AvgIpc) is 2.67. The third-order valence-electron chi connectivity index (χ3n) is 3.83. The number of imidazole rings is 1. The highest BCUT2D eigenvalue weighted by Crippen LogP contribution is 2.38. The summed E-state index contributed by atoms with van der Waals surface area (Å²) in [6, 6.07) is 3.44. The number of ether oxygens (including phenoxy) is 2. The van der Waals surface area contributed by atoms with Crippen LogP contribution in [0.5, 0.6) is 5.75 Å². The fraction of sp³-hybridized carbons (Fsp3) is 0.500. The lowest BCUT2D eigenvalue weighted by molar-refractivity contribution is -0.0190. The number of fused-ring (bicyclic) bond motifs is 1. The molecule has 108 valence electrons. The zero-order chi connectivity index (χ0) is 14.3. The van der Waals surface area contributed by atoms with Gasteiger partial charge in [-0.2, -0.15) is 0 Å². The van der Waals surface area contributed by atoms with Gasteiger partial charge in [-0.25, -0.2) is 4.39 Å². The van der Waals surface area contributed by atoms with E-state index in [1.165, 1.54) is 13.2 Å². The van der Waals surface area contributed by atoms with Crippen molar-refractivity contribution in [2.24, 2.45) is 0 Å². The number of hydrogen-bond acceptors (Lipinski definition) is 3. The standard InChI is InChI=1S/C14H17FN2O2S/c1-3-19-9-4-8(5-9)17-12-7-13(18-2)10(15)6-11(12)16-14(17)20/h6-9H,3-5H2,1-2H3,(H,16,20). The van der Waals surface area contributed by atoms with Crippen molar-refractivity contribution in [3.8, 4) is 5.75 Å². The van der Waals surface area contributed by atoms with Crippen molar-refractivity contribution in [3.63, 3.8) is 0 Å². The van der Waals surface area contributed by atoms with Gasteiger partial charge < -0.3 is 19.0 Å². The third-order valence-corrected chi connectivity index (χ3v) is 4.13. The van der Waals surface area contributed by atoms with Gasteiger partial charge in [0.05, 0.1) is 24.2 Å². The maximum atomic E-state index is 13.7. The van der Waals surface area contributed by atoms with Gasteiger partial charge in [-0.3, -0.25) is 0 Å². The van der Waals surface area contributed by atoms with E-state index in [-0.39, 0.29) is 11.6 Å². The number of aromatic nitrogens is 2. The SMILES string of the molecule is CCOC1CC(n2c(=S)[nH]c3cc(F)c(OC)cc32)C1. The quantitative estimate of drug-likeness (QED) is 0.876. The number of H-pyrrole nitrogens is 1. The van der Waals surface area contributed by atoms with Gasteiger partial charge in [0, 0.05) is 24.8 Å². The fourth-order valence-corrected chi connectivity index (χ4v) is 3.12. The maximum Gasteiger partial charge on any atom is 0.178 e. The Morgan fingerprint density at radius 2 is 2.20 bits per heavy atom. The minimum absolute atomic E-state index is 0.237. The first-order valence-corrected chi connectivity index (χ1v) is 7.14. The van der Waals surface area contributed by atoms with Gasteiger partial charge in [0.2, 0.25) is 0 Å². The molecule has 1 aliphatic carbocycles. The lowest BCUT2D eigenvalue weighted by atomic mass is 9.89. The lowest BCUT2D eigenvalue weighted by Gasteiger charge is -2.36. The van der Waals surface area contributed by atoms with Crippen LogP contribution in [-0.2, 0) is 4.74 Å². The molecule has 0 saturated heterocycles. The molecule has 1 saturated carbocycles. The summed E-state index contributed by atoms with van der Waals surface area (Å²) in [6.07, 6.45) is 2.18. The summed E-state index contributed by atoms with van der Waals surface area (Å²) in [5, 5.41) is 0. The molecule has 1 aliphatic rings. The van der Waals surface area contributed by atoms with Gasteiger partial charge in [0.15, 0.2) is 16.3 Å². The van der Waals surface area contributed by atoms with E-state index >= 15 is 0 Å². The second-order valence-electron chi connectivity index (χ2n) is 5.01. The smallest absolute Gasteiger partial charge is 0.178 e. The first-order valence-electron chi connectivity index (χ1n) is 6.73. The largest absolute Gasteiger partial charge is 0.494 e. The van der Waals surface area contributed by atoms with Crippen LogP contribution in [0, 0.1) is 10.6 Å². The van der Waals surface area contributed by atoms with Crippen molar-refractivity contribution in [2.75, 3.05) is 13.7 Å². The predicted molar refractivity (Wildman–Crippen MR) is 77.3 cm³/mol. The minimum atomic E-state index is -0.385. The van der Waals surface area contributed by atoms with Crippen LogP contribution in [0.15, 0.2) is 12.1 Å². The first kappa shape index (κ1) is 13.6. The Balaban J connectivity index is 1.99. The van der Waals surface area contributed by atoms with Gasteiger partial charge >= 0.3 is 0 Å². The second kappa shape index (κ2) is 5.18. The van der Waals surface area contributed by atoms with Crippen LogP contribution < -0.4 is 4.74 Å². The molecule has 0 amide bonds. The molecule has 0 spiro atoms. The molecule has 1 heterocycles. The Morgan fingerprint density at radius 1 is 1.45 bits per heavy atom. The number of aromatic amines is 1. The Bertz CT molecular complexity index is 688. The van der Waals surface area contributed by atoms with Crippen molar-refractivity contribution in [2.45, 2.75) is 31.9 Å². The van der Waals surface area contributed by atoms with E-state index in [2.05, 4.69) is 4.98 Å². The molecule has 4 nitrogen and oxygen atoms in total. The summed E-state index contributed by atoms with van der Waals surface area (Å²) in [5.41, 5.74) is 1.58. The molecule has 0 atom stereocenters. The van der Waals surface area contributed by atoms with Crippen molar-refractivity contribution in [1.29, 1.82) is 0 Å². The highest BCUT2D eigenvalue weighted by Gasteiger charge is 2.32. The summed E-state index contributed by atoms with van der Waals surface area (Å²) < 4.78 is 27.0. The molecule has 1 aromatic heterocycles. The molecule has 6 heteroatoms. The van der Waals surface area contributed by atoms with E-state index in [0.29, 0.717) is 22.4 Å². The molecule has 0 unspecified atom stereocenters.